The van der Waals surface area contributed by atoms with Crippen LogP contribution in [0.5, 0.6) is 5.75 Å². The summed E-state index contributed by atoms with van der Waals surface area (Å²) in [6.45, 7) is 2.15. The van der Waals surface area contributed by atoms with E-state index in [2.05, 4.69) is 5.32 Å². The lowest BCUT2D eigenvalue weighted by molar-refractivity contribution is 0.0653. The molecule has 1 aromatic carbocycles. The van der Waals surface area contributed by atoms with E-state index in [-0.39, 0.29) is 35.1 Å². The van der Waals surface area contributed by atoms with Crippen LogP contribution >= 0.6 is 11.6 Å². The number of pyridine rings is 1. The number of aromatic nitrogens is 1. The Morgan fingerprint density at radius 2 is 2.06 bits per heavy atom. The highest BCUT2D eigenvalue weighted by molar-refractivity contribution is 6.30. The van der Waals surface area contributed by atoms with Gasteiger partial charge in [0, 0.05) is 38.7 Å². The molecule has 2 aliphatic rings. The van der Waals surface area contributed by atoms with Gasteiger partial charge in [-0.25, -0.2) is 8.78 Å². The van der Waals surface area contributed by atoms with Gasteiger partial charge in [0.2, 0.25) is 5.43 Å². The molecule has 2 aliphatic heterocycles. The number of likely N-dealkylation sites (N-methyl/N-ethyl adjacent to an activating group) is 1. The summed E-state index contributed by atoms with van der Waals surface area (Å²) in [4.78, 5) is 40.3. The number of aromatic hydroxyl groups is 1. The lowest BCUT2D eigenvalue weighted by Gasteiger charge is -2.33. The van der Waals surface area contributed by atoms with Crippen molar-refractivity contribution in [3.8, 4) is 5.75 Å². The molecule has 2 amide bonds. The van der Waals surface area contributed by atoms with Crippen LogP contribution < -0.4 is 10.7 Å². The first-order valence-electron chi connectivity index (χ1n) is 9.95. The summed E-state index contributed by atoms with van der Waals surface area (Å²) in [6.07, 6.45) is -0.257. The SMILES string of the molecule is CCN1CC2C[C@@H](OC)c3c(C(=O)NCc4ccc(F)c(Cl)c4F)c(=O)c(O)c(n32)C1=O. The number of methoxy groups -OCH3 is 1. The summed E-state index contributed by atoms with van der Waals surface area (Å²) >= 11 is 5.57. The number of hydrogen-bond acceptors (Lipinski definition) is 5. The van der Waals surface area contributed by atoms with Crippen LogP contribution in [0.4, 0.5) is 8.78 Å². The largest absolute Gasteiger partial charge is 0.503 e. The second kappa shape index (κ2) is 8.18. The van der Waals surface area contributed by atoms with E-state index in [1.54, 1.807) is 6.92 Å². The summed E-state index contributed by atoms with van der Waals surface area (Å²) in [5.41, 5.74) is -1.47. The molecule has 0 saturated carbocycles. The minimum Gasteiger partial charge on any atom is -0.503 e. The Kier molecular flexibility index (Phi) is 5.68. The molecule has 3 heterocycles. The van der Waals surface area contributed by atoms with Gasteiger partial charge >= 0.3 is 0 Å². The summed E-state index contributed by atoms with van der Waals surface area (Å²) in [5.74, 6) is -4.18. The number of hydrogen-bond donors (Lipinski definition) is 2. The second-order valence-electron chi connectivity index (χ2n) is 7.63. The van der Waals surface area contributed by atoms with Crippen LogP contribution in [-0.4, -0.2) is 46.6 Å². The number of benzene rings is 1. The third-order valence-electron chi connectivity index (χ3n) is 5.95. The van der Waals surface area contributed by atoms with Crippen molar-refractivity contribution in [2.75, 3.05) is 20.2 Å². The van der Waals surface area contributed by atoms with Gasteiger partial charge in [0.1, 0.15) is 28.3 Å². The molecular formula is C21H20ClF2N3O5. The second-order valence-corrected chi connectivity index (χ2v) is 8.01. The van der Waals surface area contributed by atoms with Crippen molar-refractivity contribution in [2.24, 2.45) is 0 Å². The van der Waals surface area contributed by atoms with Gasteiger partial charge in [-0.2, -0.15) is 0 Å². The Labute approximate surface area is 186 Å². The molecule has 0 aliphatic carbocycles. The molecule has 0 fully saturated rings. The van der Waals surface area contributed by atoms with Crippen molar-refractivity contribution < 1.29 is 28.2 Å². The van der Waals surface area contributed by atoms with Crippen molar-refractivity contribution >= 4 is 23.4 Å². The zero-order valence-electron chi connectivity index (χ0n) is 17.2. The van der Waals surface area contributed by atoms with E-state index in [0.717, 1.165) is 12.1 Å². The fourth-order valence-electron chi connectivity index (χ4n) is 4.37. The van der Waals surface area contributed by atoms with Gasteiger partial charge in [-0.15, -0.1) is 0 Å². The van der Waals surface area contributed by atoms with Crippen molar-refractivity contribution in [3.05, 3.63) is 61.5 Å². The van der Waals surface area contributed by atoms with Gasteiger partial charge in [0.15, 0.2) is 11.4 Å². The number of amides is 2. The molecule has 32 heavy (non-hydrogen) atoms. The molecule has 8 nitrogen and oxygen atoms in total. The van der Waals surface area contributed by atoms with Crippen LogP contribution in [0, 0.1) is 11.6 Å². The summed E-state index contributed by atoms with van der Waals surface area (Å²) in [6, 6.07) is 1.80. The van der Waals surface area contributed by atoms with Gasteiger partial charge in [-0.1, -0.05) is 17.7 Å². The number of rotatable bonds is 5. The molecule has 0 spiro atoms. The zero-order valence-corrected chi connectivity index (χ0v) is 18.0. The van der Waals surface area contributed by atoms with Gasteiger partial charge in [-0.05, 0) is 13.0 Å². The van der Waals surface area contributed by atoms with E-state index in [4.69, 9.17) is 16.3 Å². The molecular weight excluding hydrogens is 448 g/mol. The lowest BCUT2D eigenvalue weighted by Crippen LogP contribution is -2.44. The summed E-state index contributed by atoms with van der Waals surface area (Å²) in [7, 11) is 1.42. The Hall–Kier alpha value is -2.98. The molecule has 2 N–H and O–H groups in total. The minimum atomic E-state index is -1.03. The molecule has 11 heteroatoms. The fourth-order valence-corrected chi connectivity index (χ4v) is 4.56. The third-order valence-corrected chi connectivity index (χ3v) is 6.29. The Morgan fingerprint density at radius 3 is 2.72 bits per heavy atom. The molecule has 1 aromatic heterocycles. The number of ether oxygens (including phenoxy) is 1. The van der Waals surface area contributed by atoms with Crippen molar-refractivity contribution in [2.45, 2.75) is 32.0 Å². The van der Waals surface area contributed by atoms with Crippen molar-refractivity contribution in [3.63, 3.8) is 0 Å². The minimum absolute atomic E-state index is 0.0848. The van der Waals surface area contributed by atoms with Crippen LogP contribution in [-0.2, 0) is 11.3 Å². The smallest absolute Gasteiger partial charge is 0.274 e. The summed E-state index contributed by atoms with van der Waals surface area (Å²) < 4.78 is 34.5. The molecule has 2 aromatic rings. The maximum atomic E-state index is 14.2. The van der Waals surface area contributed by atoms with E-state index in [0.29, 0.717) is 19.5 Å². The van der Waals surface area contributed by atoms with Crippen LogP contribution in [0.1, 0.15) is 57.6 Å². The number of carbonyl (C=O) groups is 2. The Bertz CT molecular complexity index is 1200. The van der Waals surface area contributed by atoms with Gasteiger partial charge in [0.25, 0.3) is 11.8 Å². The molecule has 0 bridgehead atoms. The highest BCUT2D eigenvalue weighted by Crippen LogP contribution is 2.43. The van der Waals surface area contributed by atoms with E-state index in [9.17, 15) is 28.3 Å². The predicted octanol–water partition coefficient (Wildman–Crippen LogP) is 2.52. The van der Waals surface area contributed by atoms with E-state index in [1.165, 1.54) is 16.6 Å². The predicted molar refractivity (Wildman–Crippen MR) is 110 cm³/mol. The first-order chi connectivity index (χ1) is 15.2. The van der Waals surface area contributed by atoms with E-state index >= 15 is 0 Å². The highest BCUT2D eigenvalue weighted by atomic mass is 35.5. The van der Waals surface area contributed by atoms with Gasteiger partial charge in [0.05, 0.1) is 11.7 Å². The summed E-state index contributed by atoms with van der Waals surface area (Å²) in [5, 5.41) is 12.3. The quantitative estimate of drug-likeness (QED) is 0.658. The lowest BCUT2D eigenvalue weighted by atomic mass is 10.1. The standard InChI is InChI=1S/C21H20ClF2N3O5/c1-3-26-8-10-6-12(32-2)16-13(18(28)19(29)17(21(26)31)27(10)16)20(30)25-7-9-4-5-11(23)14(22)15(9)24/h4-5,10,12,29H,3,6-8H2,1-2H3,(H,25,30)/t10?,12-/m1/s1. The first kappa shape index (κ1) is 22.2. The first-order valence-corrected chi connectivity index (χ1v) is 10.3. The van der Waals surface area contributed by atoms with Gasteiger partial charge < -0.3 is 24.6 Å². The highest BCUT2D eigenvalue weighted by Gasteiger charge is 2.45. The van der Waals surface area contributed by atoms with Crippen LogP contribution in [0.15, 0.2) is 16.9 Å². The molecule has 0 radical (unpaired) electrons. The number of carbonyl (C=O) groups excluding carboxylic acids is 2. The maximum absolute atomic E-state index is 14.2. The van der Waals surface area contributed by atoms with E-state index < -0.39 is 45.8 Å². The van der Waals surface area contributed by atoms with Crippen LogP contribution in [0.3, 0.4) is 0 Å². The van der Waals surface area contributed by atoms with Crippen molar-refractivity contribution in [1.29, 1.82) is 0 Å². The number of halogens is 3. The topological polar surface area (TPSA) is 101 Å². The number of nitrogens with zero attached hydrogens (tertiary/aromatic N) is 2. The fraction of sp³-hybridized carbons (Fsp3) is 0.381. The molecule has 2 atom stereocenters. The van der Waals surface area contributed by atoms with E-state index in [1.807, 2.05) is 0 Å². The maximum Gasteiger partial charge on any atom is 0.274 e. The zero-order chi connectivity index (χ0) is 23.3. The molecule has 0 saturated heterocycles. The Balaban J connectivity index is 1.77. The molecule has 1 unspecified atom stereocenters. The normalized spacial score (nSPS) is 19.3. The molecule has 4 rings (SSSR count). The third kappa shape index (κ3) is 3.25. The van der Waals surface area contributed by atoms with Crippen LogP contribution in [0.25, 0.3) is 0 Å². The van der Waals surface area contributed by atoms with Gasteiger partial charge in [-0.3, -0.25) is 14.4 Å². The average molecular weight is 468 g/mol. The Morgan fingerprint density at radius 1 is 1.34 bits per heavy atom. The molecule has 170 valence electrons. The van der Waals surface area contributed by atoms with Crippen molar-refractivity contribution in [1.82, 2.24) is 14.8 Å². The average Bonchev–Trinajstić information content (AvgIpc) is 3.14. The monoisotopic (exact) mass is 467 g/mol. The number of nitrogens with one attached hydrogen (secondary N) is 1. The van der Waals surface area contributed by atoms with Crippen LogP contribution in [0.2, 0.25) is 5.02 Å².